The fourth-order valence-corrected chi connectivity index (χ4v) is 2.49. The summed E-state index contributed by atoms with van der Waals surface area (Å²) >= 11 is 0. The first-order valence-electron chi connectivity index (χ1n) is 10.2. The summed E-state index contributed by atoms with van der Waals surface area (Å²) in [6.45, 7) is 12.1. The zero-order chi connectivity index (χ0) is 23.5. The van der Waals surface area contributed by atoms with Crippen LogP contribution >= 0.6 is 0 Å². The van der Waals surface area contributed by atoms with Crippen LogP contribution in [0.1, 0.15) is 61.3 Å². The molecule has 0 aliphatic rings. The van der Waals surface area contributed by atoms with Gasteiger partial charge in [-0.2, -0.15) is 0 Å². The Hall–Kier alpha value is -2.65. The van der Waals surface area contributed by atoms with E-state index in [4.69, 9.17) is 0 Å². The van der Waals surface area contributed by atoms with Gasteiger partial charge in [0.25, 0.3) is 0 Å². The third-order valence-electron chi connectivity index (χ3n) is 4.24. The Morgan fingerprint density at radius 3 is 2.00 bits per heavy atom. The first-order valence-corrected chi connectivity index (χ1v) is 10.2. The fraction of sp³-hybridized carbons (Fsp3) is 0.750. The molecule has 5 N–H and O–H groups in total. The molecule has 0 saturated carbocycles. The van der Waals surface area contributed by atoms with E-state index in [0.717, 1.165) is 6.42 Å². The maximum Gasteiger partial charge on any atom is 0.246 e. The monoisotopic (exact) mass is 427 g/mol. The lowest BCUT2D eigenvalue weighted by molar-refractivity contribution is -0.138. The van der Waals surface area contributed by atoms with Crippen molar-refractivity contribution in [3.63, 3.8) is 0 Å². The quantitative estimate of drug-likeness (QED) is 0.253. The molecule has 0 bridgehead atoms. The molecule has 30 heavy (non-hydrogen) atoms. The van der Waals surface area contributed by atoms with Gasteiger partial charge in [-0.15, -0.1) is 0 Å². The Balaban J connectivity index is 5.17. The highest BCUT2D eigenvalue weighted by Gasteiger charge is 2.38. The molecule has 0 rings (SSSR count). The van der Waals surface area contributed by atoms with Crippen LogP contribution in [-0.4, -0.2) is 60.2 Å². The molecule has 10 heteroatoms. The molecule has 0 aromatic rings. The SMILES string of the molecule is CCCNC(=O)C(C)(C)NC(=O)C(C)(C)NC(=O)[C@H](CC(C)C)NC(=O)CNC=O. The van der Waals surface area contributed by atoms with Crippen molar-refractivity contribution in [2.24, 2.45) is 5.92 Å². The number of carbonyl (C=O) groups is 5. The van der Waals surface area contributed by atoms with E-state index in [9.17, 15) is 24.0 Å². The number of rotatable bonds is 13. The summed E-state index contributed by atoms with van der Waals surface area (Å²) < 4.78 is 0. The predicted octanol–water partition coefficient (Wildman–Crippen LogP) is -0.421. The van der Waals surface area contributed by atoms with Crippen molar-refractivity contribution in [3.05, 3.63) is 0 Å². The Kier molecular flexibility index (Phi) is 11.1. The molecule has 0 heterocycles. The summed E-state index contributed by atoms with van der Waals surface area (Å²) in [4.78, 5) is 60.0. The summed E-state index contributed by atoms with van der Waals surface area (Å²) in [5.74, 6) is -1.81. The van der Waals surface area contributed by atoms with Gasteiger partial charge in [-0.3, -0.25) is 24.0 Å². The molecule has 172 valence electrons. The molecule has 0 saturated heterocycles. The van der Waals surface area contributed by atoms with E-state index in [2.05, 4.69) is 26.6 Å². The van der Waals surface area contributed by atoms with Gasteiger partial charge in [-0.25, -0.2) is 0 Å². The molecule has 1 atom stereocenters. The smallest absolute Gasteiger partial charge is 0.246 e. The van der Waals surface area contributed by atoms with Crippen LogP contribution in [0.2, 0.25) is 0 Å². The molecular weight excluding hydrogens is 390 g/mol. The fourth-order valence-electron chi connectivity index (χ4n) is 2.49. The van der Waals surface area contributed by atoms with E-state index in [1.165, 1.54) is 13.8 Å². The van der Waals surface area contributed by atoms with Crippen molar-refractivity contribution >= 4 is 30.0 Å². The van der Waals surface area contributed by atoms with Gasteiger partial charge >= 0.3 is 0 Å². The van der Waals surface area contributed by atoms with Gasteiger partial charge in [0, 0.05) is 6.54 Å². The van der Waals surface area contributed by atoms with E-state index in [-0.39, 0.29) is 18.4 Å². The second kappa shape index (κ2) is 12.1. The normalized spacial score (nSPS) is 12.5. The van der Waals surface area contributed by atoms with Crippen LogP contribution in [0.4, 0.5) is 0 Å². The maximum atomic E-state index is 12.8. The molecular formula is C20H37N5O5. The molecule has 0 unspecified atom stereocenters. The zero-order valence-corrected chi connectivity index (χ0v) is 19.1. The minimum Gasteiger partial charge on any atom is -0.354 e. The number of hydrogen-bond donors (Lipinski definition) is 5. The van der Waals surface area contributed by atoms with E-state index in [0.29, 0.717) is 19.4 Å². The molecule has 0 spiro atoms. The topological polar surface area (TPSA) is 146 Å². The lowest BCUT2D eigenvalue weighted by Crippen LogP contribution is -2.64. The molecule has 0 radical (unpaired) electrons. The number of hydrogen-bond acceptors (Lipinski definition) is 5. The molecule has 0 aliphatic carbocycles. The Labute approximate surface area is 178 Å². The largest absolute Gasteiger partial charge is 0.354 e. The van der Waals surface area contributed by atoms with Gasteiger partial charge in [-0.1, -0.05) is 20.8 Å². The van der Waals surface area contributed by atoms with Crippen molar-refractivity contribution < 1.29 is 24.0 Å². The van der Waals surface area contributed by atoms with Gasteiger partial charge < -0.3 is 26.6 Å². The lowest BCUT2D eigenvalue weighted by Gasteiger charge is -2.33. The van der Waals surface area contributed by atoms with E-state index >= 15 is 0 Å². The van der Waals surface area contributed by atoms with Crippen molar-refractivity contribution in [2.45, 2.75) is 78.4 Å². The van der Waals surface area contributed by atoms with Crippen molar-refractivity contribution in [1.82, 2.24) is 26.6 Å². The van der Waals surface area contributed by atoms with Crippen LogP contribution in [0.25, 0.3) is 0 Å². The maximum absolute atomic E-state index is 12.8. The summed E-state index contributed by atoms with van der Waals surface area (Å²) in [6, 6.07) is -0.876. The zero-order valence-electron chi connectivity index (χ0n) is 19.1. The van der Waals surface area contributed by atoms with Gasteiger partial charge in [0.1, 0.15) is 17.1 Å². The minimum atomic E-state index is -1.33. The summed E-state index contributed by atoms with van der Waals surface area (Å²) in [6.07, 6.45) is 1.51. The predicted molar refractivity (Wildman–Crippen MR) is 113 cm³/mol. The Morgan fingerprint density at radius 1 is 0.933 bits per heavy atom. The van der Waals surface area contributed by atoms with Gasteiger partial charge in [0.15, 0.2) is 0 Å². The van der Waals surface area contributed by atoms with Gasteiger partial charge in [0.05, 0.1) is 6.54 Å². The number of amides is 5. The molecule has 0 aliphatic heterocycles. The average Bonchev–Trinajstić information content (AvgIpc) is 2.62. The van der Waals surface area contributed by atoms with Crippen LogP contribution in [0.5, 0.6) is 0 Å². The second-order valence-corrected chi connectivity index (χ2v) is 8.70. The molecule has 0 aromatic carbocycles. The van der Waals surface area contributed by atoms with Crippen LogP contribution in [0.3, 0.4) is 0 Å². The third kappa shape index (κ3) is 9.71. The highest BCUT2D eigenvalue weighted by Crippen LogP contribution is 2.11. The standard InChI is InChI=1S/C20H37N5O5/c1-8-9-22-17(29)19(4,5)25-18(30)20(6,7)24-16(28)14(10-13(2)3)23-15(27)11-21-12-26/h12-14H,8-11H2,1-7H3,(H,21,26)(H,22,29)(H,23,27)(H,24,28)(H,25,30)/t14-/m0/s1. The van der Waals surface area contributed by atoms with Gasteiger partial charge in [0.2, 0.25) is 30.0 Å². The van der Waals surface area contributed by atoms with Crippen LogP contribution in [0, 0.1) is 5.92 Å². The summed E-state index contributed by atoms with van der Waals surface area (Å²) in [5, 5.41) is 12.8. The second-order valence-electron chi connectivity index (χ2n) is 8.70. The third-order valence-corrected chi connectivity index (χ3v) is 4.24. The highest BCUT2D eigenvalue weighted by atomic mass is 16.2. The number of carbonyl (C=O) groups excluding carboxylic acids is 5. The van der Waals surface area contributed by atoms with Crippen molar-refractivity contribution in [1.29, 1.82) is 0 Å². The first kappa shape index (κ1) is 27.4. The van der Waals surface area contributed by atoms with Crippen molar-refractivity contribution in [3.8, 4) is 0 Å². The van der Waals surface area contributed by atoms with Crippen LogP contribution in [0.15, 0.2) is 0 Å². The lowest BCUT2D eigenvalue weighted by atomic mass is 9.97. The molecule has 0 aromatic heterocycles. The minimum absolute atomic E-state index is 0.0956. The Bertz CT molecular complexity index is 631. The highest BCUT2D eigenvalue weighted by molar-refractivity contribution is 5.97. The van der Waals surface area contributed by atoms with Gasteiger partial charge in [-0.05, 0) is 46.5 Å². The summed E-state index contributed by atoms with van der Waals surface area (Å²) in [7, 11) is 0. The average molecular weight is 428 g/mol. The molecule has 5 amide bonds. The molecule has 0 fully saturated rings. The van der Waals surface area contributed by atoms with Crippen LogP contribution < -0.4 is 26.6 Å². The van der Waals surface area contributed by atoms with E-state index in [1.807, 2.05) is 20.8 Å². The summed E-state index contributed by atoms with van der Waals surface area (Å²) in [5.41, 5.74) is -2.50. The number of nitrogens with one attached hydrogen (secondary N) is 5. The van der Waals surface area contributed by atoms with Crippen LogP contribution in [-0.2, 0) is 24.0 Å². The first-order chi connectivity index (χ1) is 13.8. The van der Waals surface area contributed by atoms with Crippen molar-refractivity contribution in [2.75, 3.05) is 13.1 Å². The molecule has 10 nitrogen and oxygen atoms in total. The Morgan fingerprint density at radius 2 is 1.50 bits per heavy atom. The van der Waals surface area contributed by atoms with E-state index in [1.54, 1.807) is 13.8 Å². The van der Waals surface area contributed by atoms with E-state index < -0.39 is 34.8 Å².